The molecular weight excluding hydrogens is 254 g/mol. The second-order valence-electron chi connectivity index (χ2n) is 5.21. The average Bonchev–Trinajstić information content (AvgIpc) is 2.96. The van der Waals surface area contributed by atoms with Gasteiger partial charge in [-0.15, -0.1) is 12.4 Å². The molecule has 0 radical (unpaired) electrons. The van der Waals surface area contributed by atoms with Crippen molar-refractivity contribution in [1.29, 1.82) is 0 Å². The molecule has 3 unspecified atom stereocenters. The number of aromatic nitrogens is 1. The van der Waals surface area contributed by atoms with Gasteiger partial charge in [0.2, 0.25) is 5.76 Å². The van der Waals surface area contributed by atoms with Gasteiger partial charge in [-0.2, -0.15) is 0 Å². The third-order valence-corrected chi connectivity index (χ3v) is 4.04. The molecule has 2 heterocycles. The van der Waals surface area contributed by atoms with Crippen molar-refractivity contribution >= 4 is 18.3 Å². The van der Waals surface area contributed by atoms with E-state index in [1.807, 2.05) is 11.8 Å². The van der Waals surface area contributed by atoms with E-state index in [0.29, 0.717) is 17.6 Å². The van der Waals surface area contributed by atoms with Crippen LogP contribution in [0.2, 0.25) is 0 Å². The lowest BCUT2D eigenvalue weighted by Gasteiger charge is -2.16. The number of fused-ring (bicyclic) bond motifs is 1. The van der Waals surface area contributed by atoms with Gasteiger partial charge in [-0.05, 0) is 31.6 Å². The predicted molar refractivity (Wildman–Crippen MR) is 68.6 cm³/mol. The van der Waals surface area contributed by atoms with Gasteiger partial charge < -0.3 is 15.2 Å². The number of likely N-dealkylation sites (tertiary alicyclic amines) is 1. The molecule has 3 atom stereocenters. The van der Waals surface area contributed by atoms with Crippen molar-refractivity contribution < 1.29 is 9.32 Å². The third-order valence-electron chi connectivity index (χ3n) is 4.04. The van der Waals surface area contributed by atoms with E-state index in [9.17, 15) is 4.79 Å². The first-order valence-corrected chi connectivity index (χ1v) is 6.13. The third kappa shape index (κ3) is 2.12. The first-order valence-electron chi connectivity index (χ1n) is 6.13. The first kappa shape index (κ1) is 13.4. The predicted octanol–water partition coefficient (Wildman–Crippen LogP) is 1.21. The Labute approximate surface area is 112 Å². The molecule has 0 bridgehead atoms. The molecule has 0 spiro atoms. The molecule has 1 saturated heterocycles. The highest BCUT2D eigenvalue weighted by molar-refractivity contribution is 5.91. The largest absolute Gasteiger partial charge is 0.351 e. The number of carbonyl (C=O) groups excluding carboxylic acids is 1. The molecule has 6 heteroatoms. The molecule has 100 valence electrons. The fraction of sp³-hybridized carbons (Fsp3) is 0.667. The first-order chi connectivity index (χ1) is 8.15. The number of nitrogens with zero attached hydrogens (tertiary/aromatic N) is 2. The van der Waals surface area contributed by atoms with Gasteiger partial charge in [0, 0.05) is 25.2 Å². The van der Waals surface area contributed by atoms with Crippen LogP contribution in [0.25, 0.3) is 0 Å². The number of aryl methyl sites for hydroxylation is 1. The number of carbonyl (C=O) groups is 1. The maximum Gasteiger partial charge on any atom is 0.292 e. The van der Waals surface area contributed by atoms with Crippen LogP contribution < -0.4 is 5.73 Å². The van der Waals surface area contributed by atoms with E-state index in [1.165, 1.54) is 0 Å². The minimum Gasteiger partial charge on any atom is -0.351 e. The summed E-state index contributed by atoms with van der Waals surface area (Å²) in [6.45, 7) is 3.40. The van der Waals surface area contributed by atoms with Gasteiger partial charge in [-0.1, -0.05) is 5.16 Å². The fourth-order valence-corrected chi connectivity index (χ4v) is 3.09. The van der Waals surface area contributed by atoms with Crippen molar-refractivity contribution in [3.05, 3.63) is 17.5 Å². The Kier molecular flexibility index (Phi) is 3.64. The highest BCUT2D eigenvalue weighted by Gasteiger charge is 2.43. The zero-order chi connectivity index (χ0) is 12.0. The molecule has 1 aliphatic heterocycles. The van der Waals surface area contributed by atoms with Crippen molar-refractivity contribution in [1.82, 2.24) is 10.1 Å². The van der Waals surface area contributed by atoms with E-state index in [-0.39, 0.29) is 24.4 Å². The van der Waals surface area contributed by atoms with Gasteiger partial charge in [0.05, 0.1) is 5.69 Å². The lowest BCUT2D eigenvalue weighted by atomic mass is 9.98. The number of amides is 1. The van der Waals surface area contributed by atoms with Crippen LogP contribution in [0.4, 0.5) is 0 Å². The van der Waals surface area contributed by atoms with E-state index in [0.717, 1.165) is 31.6 Å². The Bertz CT molecular complexity index is 448. The maximum absolute atomic E-state index is 12.1. The van der Waals surface area contributed by atoms with Crippen LogP contribution in [0.15, 0.2) is 10.6 Å². The highest BCUT2D eigenvalue weighted by Crippen LogP contribution is 2.37. The summed E-state index contributed by atoms with van der Waals surface area (Å²) in [6.07, 6.45) is 2.24. The van der Waals surface area contributed by atoms with Crippen LogP contribution in [-0.2, 0) is 0 Å². The van der Waals surface area contributed by atoms with Crippen molar-refractivity contribution in [2.75, 3.05) is 13.1 Å². The molecule has 5 nitrogen and oxygen atoms in total. The van der Waals surface area contributed by atoms with Crippen LogP contribution in [0.1, 0.15) is 29.1 Å². The van der Waals surface area contributed by atoms with E-state index >= 15 is 0 Å². The zero-order valence-electron chi connectivity index (χ0n) is 10.3. The molecule has 0 aromatic carbocycles. The Hall–Kier alpha value is -1.07. The topological polar surface area (TPSA) is 72.4 Å². The average molecular weight is 272 g/mol. The monoisotopic (exact) mass is 271 g/mol. The summed E-state index contributed by atoms with van der Waals surface area (Å²) in [4.78, 5) is 14.0. The number of hydrogen-bond acceptors (Lipinski definition) is 4. The summed E-state index contributed by atoms with van der Waals surface area (Å²) in [6, 6.07) is 1.95. The van der Waals surface area contributed by atoms with Crippen LogP contribution in [0.5, 0.6) is 0 Å². The molecule has 3 rings (SSSR count). The van der Waals surface area contributed by atoms with Crippen molar-refractivity contribution in [2.45, 2.75) is 25.8 Å². The molecule has 1 amide bonds. The number of hydrogen-bond donors (Lipinski definition) is 1. The molecule has 1 aliphatic carbocycles. The molecular formula is C12H18ClN3O2. The van der Waals surface area contributed by atoms with Crippen LogP contribution in [-0.4, -0.2) is 35.1 Å². The van der Waals surface area contributed by atoms with E-state index in [4.69, 9.17) is 10.3 Å². The van der Waals surface area contributed by atoms with Gasteiger partial charge in [-0.3, -0.25) is 4.79 Å². The van der Waals surface area contributed by atoms with Crippen molar-refractivity contribution in [2.24, 2.45) is 17.6 Å². The smallest absolute Gasteiger partial charge is 0.292 e. The normalized spacial score (nSPS) is 30.1. The van der Waals surface area contributed by atoms with Crippen LogP contribution >= 0.6 is 12.4 Å². The zero-order valence-corrected chi connectivity index (χ0v) is 11.2. The molecule has 1 aromatic heterocycles. The molecule has 1 saturated carbocycles. The minimum atomic E-state index is -0.0489. The Morgan fingerprint density at radius 1 is 1.50 bits per heavy atom. The SMILES string of the molecule is Cc1cc(C(=O)N2CC3CCC(N)C3C2)on1.Cl. The van der Waals surface area contributed by atoms with Gasteiger partial charge in [0.15, 0.2) is 0 Å². The lowest BCUT2D eigenvalue weighted by molar-refractivity contribution is 0.0738. The van der Waals surface area contributed by atoms with Crippen molar-refractivity contribution in [3.8, 4) is 0 Å². The van der Waals surface area contributed by atoms with Crippen LogP contribution in [0, 0.1) is 18.8 Å². The summed E-state index contributed by atoms with van der Waals surface area (Å²) in [5, 5.41) is 3.75. The highest BCUT2D eigenvalue weighted by atomic mass is 35.5. The molecule has 1 aromatic rings. The van der Waals surface area contributed by atoms with Crippen LogP contribution in [0.3, 0.4) is 0 Å². The molecule has 2 N–H and O–H groups in total. The summed E-state index contributed by atoms with van der Waals surface area (Å²) < 4.78 is 5.01. The Balaban J connectivity index is 0.00000120. The summed E-state index contributed by atoms with van der Waals surface area (Å²) in [5.74, 6) is 1.35. The number of nitrogens with two attached hydrogens (primary N) is 1. The Morgan fingerprint density at radius 3 is 2.89 bits per heavy atom. The second kappa shape index (κ2) is 4.90. The molecule has 2 aliphatic rings. The lowest BCUT2D eigenvalue weighted by Crippen LogP contribution is -2.33. The molecule has 18 heavy (non-hydrogen) atoms. The summed E-state index contributed by atoms with van der Waals surface area (Å²) >= 11 is 0. The minimum absolute atomic E-state index is 0. The summed E-state index contributed by atoms with van der Waals surface area (Å²) in [5.41, 5.74) is 6.79. The van der Waals surface area contributed by atoms with Gasteiger partial charge in [0.1, 0.15) is 0 Å². The molecule has 2 fully saturated rings. The summed E-state index contributed by atoms with van der Waals surface area (Å²) in [7, 11) is 0. The van der Waals surface area contributed by atoms with Crippen molar-refractivity contribution in [3.63, 3.8) is 0 Å². The van der Waals surface area contributed by atoms with E-state index < -0.39 is 0 Å². The standard InChI is InChI=1S/C12H17N3O2.ClH/c1-7-4-11(17-14-7)12(16)15-5-8-2-3-10(13)9(8)6-15;/h4,8-10H,2-3,5-6,13H2,1H3;1H. The van der Waals surface area contributed by atoms with Gasteiger partial charge in [0.25, 0.3) is 5.91 Å². The quantitative estimate of drug-likeness (QED) is 0.833. The van der Waals surface area contributed by atoms with Gasteiger partial charge >= 0.3 is 0 Å². The second-order valence-corrected chi connectivity index (χ2v) is 5.21. The maximum atomic E-state index is 12.1. The van der Waals surface area contributed by atoms with E-state index in [2.05, 4.69) is 5.16 Å². The van der Waals surface area contributed by atoms with E-state index in [1.54, 1.807) is 6.07 Å². The number of halogens is 1. The number of rotatable bonds is 1. The fourth-order valence-electron chi connectivity index (χ4n) is 3.09. The Morgan fingerprint density at radius 2 is 2.28 bits per heavy atom. The van der Waals surface area contributed by atoms with Gasteiger partial charge in [-0.25, -0.2) is 0 Å².